The van der Waals surface area contributed by atoms with Crippen LogP contribution in [0.5, 0.6) is 0 Å². The third-order valence-electron chi connectivity index (χ3n) is 7.75. The smallest absolute Gasteiger partial charge is 0.0374 e. The first-order valence-electron chi connectivity index (χ1n) is 9.08. The molecule has 0 amide bonds. The van der Waals surface area contributed by atoms with Gasteiger partial charge in [0, 0.05) is 9.49 Å². The quantitative estimate of drug-likeness (QED) is 0.533. The van der Waals surface area contributed by atoms with Crippen LogP contribution in [0.2, 0.25) is 0 Å². The van der Waals surface area contributed by atoms with Gasteiger partial charge in [-0.3, -0.25) is 0 Å². The molecule has 19 heavy (non-hydrogen) atoms. The fourth-order valence-electron chi connectivity index (χ4n) is 7.27. The van der Waals surface area contributed by atoms with E-state index in [1.54, 1.807) is 77.0 Å². The molecule has 1 aliphatic heterocycles. The van der Waals surface area contributed by atoms with Gasteiger partial charge in [-0.25, -0.2) is 0 Å². The Kier molecular flexibility index (Phi) is 2.49. The molecule has 1 heteroatoms. The summed E-state index contributed by atoms with van der Waals surface area (Å²) in [6, 6.07) is 0. The van der Waals surface area contributed by atoms with Crippen molar-refractivity contribution in [3.05, 3.63) is 0 Å². The van der Waals surface area contributed by atoms with Crippen LogP contribution >= 0.6 is 11.8 Å². The van der Waals surface area contributed by atoms with Gasteiger partial charge < -0.3 is 0 Å². The summed E-state index contributed by atoms with van der Waals surface area (Å²) in [5.41, 5.74) is 0. The minimum Gasteiger partial charge on any atom is -0.144 e. The molecule has 0 aromatic rings. The van der Waals surface area contributed by atoms with Gasteiger partial charge in [0.25, 0.3) is 0 Å². The second-order valence-electron chi connectivity index (χ2n) is 8.20. The molecule has 1 saturated heterocycles. The van der Waals surface area contributed by atoms with Crippen molar-refractivity contribution in [3.63, 3.8) is 0 Å². The maximum absolute atomic E-state index is 2.57. The van der Waals surface area contributed by atoms with E-state index in [2.05, 4.69) is 11.8 Å². The lowest BCUT2D eigenvalue weighted by molar-refractivity contribution is 0.0411. The first-order valence-corrected chi connectivity index (χ1v) is 9.90. The van der Waals surface area contributed by atoms with Gasteiger partial charge in [0.2, 0.25) is 0 Å². The summed E-state index contributed by atoms with van der Waals surface area (Å²) in [5, 5.41) is 0. The molecule has 4 bridgehead atoms. The monoisotopic (exact) mass is 276 g/mol. The largest absolute Gasteiger partial charge is 0.144 e. The van der Waals surface area contributed by atoms with Crippen molar-refractivity contribution >= 4 is 11.8 Å². The molecule has 0 radical (unpaired) electrons. The summed E-state index contributed by atoms with van der Waals surface area (Å²) in [4.78, 5) is 0. The molecule has 4 saturated carbocycles. The fraction of sp³-hybridized carbons (Fsp3) is 1.00. The second kappa shape index (κ2) is 3.96. The molecule has 106 valence electrons. The predicted molar refractivity (Wildman–Crippen MR) is 82.4 cm³/mol. The lowest BCUT2D eigenvalue weighted by Gasteiger charge is -2.52. The van der Waals surface area contributed by atoms with Crippen molar-refractivity contribution in [1.29, 1.82) is 0 Å². The summed E-state index contributed by atoms with van der Waals surface area (Å²) < 4.78 is 1.64. The van der Waals surface area contributed by atoms with Crippen LogP contribution < -0.4 is 0 Å². The van der Waals surface area contributed by atoms with Gasteiger partial charge in [-0.05, 0) is 75.0 Å². The van der Waals surface area contributed by atoms with Crippen LogP contribution in [-0.4, -0.2) is 9.49 Å². The third kappa shape index (κ3) is 1.30. The summed E-state index contributed by atoms with van der Waals surface area (Å²) in [5.74, 6) is 4.52. The van der Waals surface area contributed by atoms with Crippen LogP contribution in [0.25, 0.3) is 0 Å². The lowest BCUT2D eigenvalue weighted by Crippen LogP contribution is -2.53. The summed E-state index contributed by atoms with van der Waals surface area (Å²) in [6.45, 7) is 0. The molecule has 0 aromatic heterocycles. The van der Waals surface area contributed by atoms with Crippen LogP contribution in [0.3, 0.4) is 0 Å². The Bertz CT molecular complexity index is 307. The first kappa shape index (κ1) is 12.0. The highest BCUT2D eigenvalue weighted by atomic mass is 32.2. The molecule has 0 atom stereocenters. The van der Waals surface area contributed by atoms with Gasteiger partial charge in [0.05, 0.1) is 0 Å². The Hall–Kier alpha value is 0.350. The van der Waals surface area contributed by atoms with Crippen molar-refractivity contribution in [1.82, 2.24) is 0 Å². The predicted octanol–water partition coefficient (Wildman–Crippen LogP) is 5.41. The van der Waals surface area contributed by atoms with E-state index in [1.165, 1.54) is 0 Å². The van der Waals surface area contributed by atoms with Crippen molar-refractivity contribution in [3.8, 4) is 0 Å². The molecule has 1 heterocycles. The number of thioether (sulfide) groups is 1. The molecule has 4 aliphatic carbocycles. The normalized spacial score (nSPS) is 59.4. The maximum Gasteiger partial charge on any atom is 0.0374 e. The van der Waals surface area contributed by atoms with Crippen LogP contribution in [0.4, 0.5) is 0 Å². The van der Waals surface area contributed by atoms with Crippen molar-refractivity contribution in [2.45, 2.75) is 86.5 Å². The average molecular weight is 276 g/mol. The average Bonchev–Trinajstić information content (AvgIpc) is 2.97. The zero-order valence-corrected chi connectivity index (χ0v) is 13.0. The molecular formula is C18H28S. The lowest BCUT2D eigenvalue weighted by atomic mass is 9.51. The standard InChI is InChI=1S/C18H28S/c1-5-13-7-2-8-14(6-1)17(13)18(19-17)15-9-3-10-16(18)12-4-11-15/h13-16H,1-12H2. The summed E-state index contributed by atoms with van der Waals surface area (Å²) in [6.07, 6.45) is 18.9. The summed E-state index contributed by atoms with van der Waals surface area (Å²) in [7, 11) is 0. The fourth-order valence-corrected chi connectivity index (χ4v) is 10.0. The van der Waals surface area contributed by atoms with Gasteiger partial charge in [-0.15, -0.1) is 11.8 Å². The first-order chi connectivity index (χ1) is 9.38. The highest BCUT2D eigenvalue weighted by Crippen LogP contribution is 2.84. The van der Waals surface area contributed by atoms with Crippen molar-refractivity contribution in [2.24, 2.45) is 23.7 Å². The third-order valence-corrected chi connectivity index (χ3v) is 10.2. The molecule has 5 rings (SSSR count). The Morgan fingerprint density at radius 3 is 1.00 bits per heavy atom. The van der Waals surface area contributed by atoms with Gasteiger partial charge in [0.15, 0.2) is 0 Å². The minimum absolute atomic E-state index is 0.819. The van der Waals surface area contributed by atoms with Gasteiger partial charge in [-0.2, -0.15) is 0 Å². The number of rotatable bonds is 0. The van der Waals surface area contributed by atoms with Crippen LogP contribution in [0.1, 0.15) is 77.0 Å². The molecule has 0 N–H and O–H groups in total. The van der Waals surface area contributed by atoms with E-state index >= 15 is 0 Å². The number of hydrogen-bond acceptors (Lipinski definition) is 1. The highest BCUT2D eigenvalue weighted by molar-refractivity contribution is 8.09. The maximum atomic E-state index is 2.57. The van der Waals surface area contributed by atoms with Crippen molar-refractivity contribution < 1.29 is 0 Å². The van der Waals surface area contributed by atoms with E-state index in [9.17, 15) is 0 Å². The van der Waals surface area contributed by atoms with Crippen LogP contribution in [-0.2, 0) is 0 Å². The highest BCUT2D eigenvalue weighted by Gasteiger charge is 2.80. The van der Waals surface area contributed by atoms with Crippen LogP contribution in [0, 0.1) is 23.7 Å². The minimum atomic E-state index is 0.819. The van der Waals surface area contributed by atoms with Gasteiger partial charge in [-0.1, -0.05) is 25.7 Å². The van der Waals surface area contributed by atoms with Crippen molar-refractivity contribution in [2.75, 3.05) is 0 Å². The Balaban J connectivity index is 1.57. The van der Waals surface area contributed by atoms with Gasteiger partial charge in [0.1, 0.15) is 0 Å². The van der Waals surface area contributed by atoms with E-state index in [1.807, 2.05) is 0 Å². The molecule has 2 spiro atoms. The van der Waals surface area contributed by atoms with Gasteiger partial charge >= 0.3 is 0 Å². The molecule has 0 aromatic carbocycles. The molecule has 0 unspecified atom stereocenters. The second-order valence-corrected chi connectivity index (χ2v) is 9.75. The van der Waals surface area contributed by atoms with E-state index in [4.69, 9.17) is 0 Å². The van der Waals surface area contributed by atoms with E-state index in [0.29, 0.717) is 0 Å². The Morgan fingerprint density at radius 1 is 0.474 bits per heavy atom. The number of hydrogen-bond donors (Lipinski definition) is 0. The molecule has 5 aliphatic rings. The van der Waals surface area contributed by atoms with E-state index < -0.39 is 0 Å². The van der Waals surface area contributed by atoms with Crippen LogP contribution in [0.15, 0.2) is 0 Å². The zero-order chi connectivity index (χ0) is 12.5. The topological polar surface area (TPSA) is 0 Å². The van der Waals surface area contributed by atoms with E-state index in [0.717, 1.165) is 33.2 Å². The Labute approximate surface area is 122 Å². The SMILES string of the molecule is C1CC2CCCC(C1)C21SC12C1CCCC2CCC1. The molecular weight excluding hydrogens is 248 g/mol. The molecule has 5 fully saturated rings. The van der Waals surface area contributed by atoms with E-state index in [-0.39, 0.29) is 0 Å². The zero-order valence-electron chi connectivity index (χ0n) is 12.2. The Morgan fingerprint density at radius 2 is 0.737 bits per heavy atom. The summed E-state index contributed by atoms with van der Waals surface area (Å²) >= 11 is 2.57. The molecule has 0 nitrogen and oxygen atoms in total.